The predicted molar refractivity (Wildman–Crippen MR) is 51.9 cm³/mol. The summed E-state index contributed by atoms with van der Waals surface area (Å²) >= 11 is 8.28. The lowest BCUT2D eigenvalue weighted by Gasteiger charge is -2.10. The maximum atomic E-state index is 12.4. The van der Waals surface area contributed by atoms with Crippen molar-refractivity contribution in [1.29, 1.82) is 0 Å². The van der Waals surface area contributed by atoms with Crippen LogP contribution < -0.4 is 0 Å². The molecule has 0 radical (unpaired) electrons. The first-order chi connectivity index (χ1) is 6.86. The largest absolute Gasteiger partial charge is 0.417 e. The Balaban J connectivity index is 3.42. The quantitative estimate of drug-likeness (QED) is 0.567. The van der Waals surface area contributed by atoms with Gasteiger partial charge in [0.2, 0.25) is 6.08 Å². The van der Waals surface area contributed by atoms with Crippen molar-refractivity contribution in [2.45, 2.75) is 6.18 Å². The molecular formula is C8H2BrClF3NO. The van der Waals surface area contributed by atoms with Gasteiger partial charge in [-0.3, -0.25) is 0 Å². The SMILES string of the molecule is O=C=Nc1cc(C(F)(F)F)c(Br)cc1Cl. The smallest absolute Gasteiger partial charge is 0.211 e. The van der Waals surface area contributed by atoms with Crippen molar-refractivity contribution in [3.63, 3.8) is 0 Å². The normalized spacial score (nSPS) is 11.0. The first kappa shape index (κ1) is 12.2. The van der Waals surface area contributed by atoms with Crippen LogP contribution in [0.15, 0.2) is 21.6 Å². The van der Waals surface area contributed by atoms with Crippen LogP contribution >= 0.6 is 27.5 Å². The van der Waals surface area contributed by atoms with Crippen molar-refractivity contribution >= 4 is 39.3 Å². The fourth-order valence-electron chi connectivity index (χ4n) is 0.890. The highest BCUT2D eigenvalue weighted by atomic mass is 79.9. The van der Waals surface area contributed by atoms with E-state index < -0.39 is 11.7 Å². The maximum Gasteiger partial charge on any atom is 0.417 e. The number of halogens is 5. The second-order valence-electron chi connectivity index (χ2n) is 2.48. The van der Waals surface area contributed by atoms with E-state index in [1.54, 1.807) is 0 Å². The molecule has 2 nitrogen and oxygen atoms in total. The number of carbonyl (C=O) groups excluding carboxylic acids is 1. The molecule has 15 heavy (non-hydrogen) atoms. The van der Waals surface area contributed by atoms with Crippen molar-refractivity contribution < 1.29 is 18.0 Å². The molecule has 7 heteroatoms. The monoisotopic (exact) mass is 299 g/mol. The van der Waals surface area contributed by atoms with Gasteiger partial charge < -0.3 is 0 Å². The number of hydrogen-bond acceptors (Lipinski definition) is 2. The van der Waals surface area contributed by atoms with Gasteiger partial charge >= 0.3 is 6.18 Å². The lowest BCUT2D eigenvalue weighted by atomic mass is 10.2. The highest BCUT2D eigenvalue weighted by Crippen LogP contribution is 2.40. The van der Waals surface area contributed by atoms with Gasteiger partial charge in [-0.2, -0.15) is 18.2 Å². The Labute approximate surface area is 95.9 Å². The van der Waals surface area contributed by atoms with Crippen LogP contribution in [-0.2, 0) is 11.0 Å². The Bertz CT molecular complexity index is 440. The average Bonchev–Trinajstić information content (AvgIpc) is 2.07. The Hall–Kier alpha value is -0.840. The summed E-state index contributed by atoms with van der Waals surface area (Å²) in [6.45, 7) is 0. The molecule has 0 bridgehead atoms. The molecule has 0 N–H and O–H groups in total. The zero-order valence-electron chi connectivity index (χ0n) is 6.90. The number of hydrogen-bond donors (Lipinski definition) is 0. The number of isocyanates is 1. The molecule has 1 rings (SSSR count). The van der Waals surface area contributed by atoms with E-state index in [9.17, 15) is 18.0 Å². The van der Waals surface area contributed by atoms with Gasteiger partial charge in [-0.25, -0.2) is 4.79 Å². The van der Waals surface area contributed by atoms with Crippen LogP contribution in [0.5, 0.6) is 0 Å². The van der Waals surface area contributed by atoms with Crippen LogP contribution in [-0.4, -0.2) is 6.08 Å². The van der Waals surface area contributed by atoms with Gasteiger partial charge in [-0.1, -0.05) is 27.5 Å². The summed E-state index contributed by atoms with van der Waals surface area (Å²) in [5.41, 5.74) is -1.21. The number of nitrogens with zero attached hydrogens (tertiary/aromatic N) is 1. The predicted octanol–water partition coefficient (Wildman–Crippen LogP) is 4.09. The van der Waals surface area contributed by atoms with Crippen LogP contribution in [0.3, 0.4) is 0 Å². The van der Waals surface area contributed by atoms with Crippen LogP contribution in [0.25, 0.3) is 0 Å². The molecule has 0 saturated heterocycles. The summed E-state index contributed by atoms with van der Waals surface area (Å²) in [5, 5.41) is -0.0572. The van der Waals surface area contributed by atoms with E-state index in [1.807, 2.05) is 0 Å². The number of aliphatic imine (C=N–C) groups is 1. The summed E-state index contributed by atoms with van der Waals surface area (Å²) in [4.78, 5) is 13.0. The van der Waals surface area contributed by atoms with E-state index in [0.717, 1.165) is 12.1 Å². The second-order valence-corrected chi connectivity index (χ2v) is 3.75. The summed E-state index contributed by atoms with van der Waals surface area (Å²) in [5.74, 6) is 0. The van der Waals surface area contributed by atoms with Gasteiger partial charge in [0, 0.05) is 4.47 Å². The highest BCUT2D eigenvalue weighted by molar-refractivity contribution is 9.10. The average molecular weight is 300 g/mol. The standard InChI is InChI=1S/C8H2BrClF3NO/c9-5-2-6(10)7(14-3-15)1-4(5)8(11,12)13/h1-2H. The summed E-state index contributed by atoms with van der Waals surface area (Å²) in [6, 6.07) is 1.71. The summed E-state index contributed by atoms with van der Waals surface area (Å²) in [7, 11) is 0. The maximum absolute atomic E-state index is 12.4. The van der Waals surface area contributed by atoms with E-state index in [-0.39, 0.29) is 15.2 Å². The van der Waals surface area contributed by atoms with Gasteiger partial charge in [0.1, 0.15) is 0 Å². The molecule has 0 unspecified atom stereocenters. The zero-order chi connectivity index (χ0) is 11.6. The van der Waals surface area contributed by atoms with Crippen LogP contribution in [0.4, 0.5) is 18.9 Å². The summed E-state index contributed by atoms with van der Waals surface area (Å²) < 4.78 is 37.0. The van der Waals surface area contributed by atoms with Gasteiger partial charge in [0.15, 0.2) is 0 Å². The third kappa shape index (κ3) is 2.81. The molecular weight excluding hydrogens is 298 g/mol. The topological polar surface area (TPSA) is 29.4 Å². The zero-order valence-corrected chi connectivity index (χ0v) is 9.24. The Morgan fingerprint density at radius 1 is 1.40 bits per heavy atom. The van der Waals surface area contributed by atoms with Gasteiger partial charge in [-0.05, 0) is 12.1 Å². The molecule has 0 aromatic heterocycles. The molecule has 0 fully saturated rings. The van der Waals surface area contributed by atoms with Gasteiger partial charge in [0.05, 0.1) is 16.3 Å². The lowest BCUT2D eigenvalue weighted by Crippen LogP contribution is -2.05. The number of alkyl halides is 3. The third-order valence-corrected chi connectivity index (χ3v) is 2.47. The highest BCUT2D eigenvalue weighted by Gasteiger charge is 2.33. The molecule has 1 aromatic carbocycles. The second kappa shape index (κ2) is 4.35. The van der Waals surface area contributed by atoms with Crippen molar-refractivity contribution in [1.82, 2.24) is 0 Å². The first-order valence-corrected chi connectivity index (χ1v) is 4.67. The van der Waals surface area contributed by atoms with E-state index in [1.165, 1.54) is 0 Å². The van der Waals surface area contributed by atoms with Crippen LogP contribution in [0, 0.1) is 0 Å². The first-order valence-electron chi connectivity index (χ1n) is 3.50. The van der Waals surface area contributed by atoms with Crippen molar-refractivity contribution in [3.05, 3.63) is 27.2 Å². The Morgan fingerprint density at radius 3 is 2.47 bits per heavy atom. The molecule has 0 saturated carbocycles. The number of benzene rings is 1. The molecule has 0 heterocycles. The van der Waals surface area contributed by atoms with E-state index in [2.05, 4.69) is 20.9 Å². The molecule has 1 aromatic rings. The van der Waals surface area contributed by atoms with Gasteiger partial charge in [-0.15, -0.1) is 0 Å². The Morgan fingerprint density at radius 2 is 2.00 bits per heavy atom. The minimum atomic E-state index is -4.53. The molecule has 0 aliphatic heterocycles. The molecule has 0 spiro atoms. The minimum absolute atomic E-state index is 0.0572. The lowest BCUT2D eigenvalue weighted by molar-refractivity contribution is -0.138. The van der Waals surface area contributed by atoms with Crippen molar-refractivity contribution in [2.75, 3.05) is 0 Å². The number of rotatable bonds is 1. The molecule has 80 valence electrons. The van der Waals surface area contributed by atoms with Crippen molar-refractivity contribution in [2.24, 2.45) is 4.99 Å². The third-order valence-electron chi connectivity index (χ3n) is 1.51. The molecule has 0 aliphatic rings. The summed E-state index contributed by atoms with van der Waals surface area (Å²) in [6.07, 6.45) is -3.40. The van der Waals surface area contributed by atoms with E-state index in [0.29, 0.717) is 6.07 Å². The molecule has 0 amide bonds. The van der Waals surface area contributed by atoms with Crippen LogP contribution in [0.2, 0.25) is 5.02 Å². The van der Waals surface area contributed by atoms with Crippen molar-refractivity contribution in [3.8, 4) is 0 Å². The van der Waals surface area contributed by atoms with E-state index >= 15 is 0 Å². The fourth-order valence-corrected chi connectivity index (χ4v) is 1.80. The minimum Gasteiger partial charge on any atom is -0.211 e. The molecule has 0 aliphatic carbocycles. The van der Waals surface area contributed by atoms with Gasteiger partial charge in [0.25, 0.3) is 0 Å². The van der Waals surface area contributed by atoms with E-state index in [4.69, 9.17) is 11.6 Å². The Kier molecular flexibility index (Phi) is 3.54. The molecule has 0 atom stereocenters. The van der Waals surface area contributed by atoms with Crippen LogP contribution in [0.1, 0.15) is 5.56 Å². The fraction of sp³-hybridized carbons (Fsp3) is 0.125.